The van der Waals surface area contributed by atoms with E-state index in [1.165, 1.54) is 4.31 Å². The molecule has 1 aromatic rings. The molecule has 0 spiro atoms. The van der Waals surface area contributed by atoms with Gasteiger partial charge in [0, 0.05) is 26.2 Å². The highest BCUT2D eigenvalue weighted by Gasteiger charge is 2.27. The summed E-state index contributed by atoms with van der Waals surface area (Å²) >= 11 is 0. The van der Waals surface area contributed by atoms with E-state index in [9.17, 15) is 13.2 Å². The number of hydrogen-bond donors (Lipinski definition) is 0. The number of amides is 1. The van der Waals surface area contributed by atoms with Crippen LogP contribution in [0.15, 0.2) is 30.3 Å². The van der Waals surface area contributed by atoms with Gasteiger partial charge in [-0.15, -0.1) is 0 Å². The summed E-state index contributed by atoms with van der Waals surface area (Å²) in [4.78, 5) is 13.3. The van der Waals surface area contributed by atoms with E-state index in [4.69, 9.17) is 4.74 Å². The zero-order valence-corrected chi connectivity index (χ0v) is 13.6. The fraction of sp³-hybridized carbons (Fsp3) is 0.533. The molecule has 1 aliphatic heterocycles. The second-order valence-electron chi connectivity index (χ2n) is 5.18. The molecule has 0 aliphatic carbocycles. The van der Waals surface area contributed by atoms with Gasteiger partial charge in [-0.3, -0.25) is 0 Å². The first-order valence-electron chi connectivity index (χ1n) is 7.46. The minimum absolute atomic E-state index is 0.00670. The maximum Gasteiger partial charge on any atom is 0.409 e. The Labute approximate surface area is 131 Å². The Kier molecular flexibility index (Phi) is 5.79. The monoisotopic (exact) mass is 326 g/mol. The molecule has 6 nitrogen and oxygen atoms in total. The third kappa shape index (κ3) is 4.45. The first kappa shape index (κ1) is 16.8. The molecule has 0 saturated carbocycles. The van der Waals surface area contributed by atoms with Gasteiger partial charge in [-0.25, -0.2) is 13.2 Å². The summed E-state index contributed by atoms with van der Waals surface area (Å²) in [5.74, 6) is -0.00670. The van der Waals surface area contributed by atoms with E-state index >= 15 is 0 Å². The summed E-state index contributed by atoms with van der Waals surface area (Å²) in [5.41, 5.74) is 0.772. The summed E-state index contributed by atoms with van der Waals surface area (Å²) < 4.78 is 31.4. The van der Waals surface area contributed by atoms with Crippen LogP contribution in [0.3, 0.4) is 0 Å². The molecule has 0 N–H and O–H groups in total. The average Bonchev–Trinajstić information content (AvgIpc) is 2.74. The van der Waals surface area contributed by atoms with Gasteiger partial charge in [0.1, 0.15) is 0 Å². The van der Waals surface area contributed by atoms with E-state index in [2.05, 4.69) is 0 Å². The van der Waals surface area contributed by atoms with Gasteiger partial charge in [-0.2, -0.15) is 4.31 Å². The van der Waals surface area contributed by atoms with Gasteiger partial charge in [-0.1, -0.05) is 30.3 Å². The lowest BCUT2D eigenvalue weighted by Gasteiger charge is -2.21. The Morgan fingerprint density at radius 3 is 2.55 bits per heavy atom. The fourth-order valence-electron chi connectivity index (χ4n) is 2.45. The normalized spacial score (nSPS) is 17.0. The van der Waals surface area contributed by atoms with Crippen molar-refractivity contribution in [2.24, 2.45) is 0 Å². The Bertz CT molecular complexity index is 589. The molecule has 2 rings (SSSR count). The van der Waals surface area contributed by atoms with Gasteiger partial charge < -0.3 is 9.64 Å². The summed E-state index contributed by atoms with van der Waals surface area (Å²) in [5, 5.41) is 0. The summed E-state index contributed by atoms with van der Waals surface area (Å²) in [6.07, 6.45) is 0.247. The topological polar surface area (TPSA) is 66.9 Å². The highest BCUT2D eigenvalue weighted by atomic mass is 32.2. The molecule has 122 valence electrons. The predicted molar refractivity (Wildman–Crippen MR) is 83.9 cm³/mol. The zero-order chi connectivity index (χ0) is 16.0. The SMILES string of the molecule is CCOC(=O)N1CCCN(S(=O)(=O)Cc2ccccc2)CC1. The van der Waals surface area contributed by atoms with Crippen LogP contribution in [0.1, 0.15) is 18.9 Å². The standard InChI is InChI=1S/C15H22N2O4S/c1-2-21-15(18)16-9-6-10-17(12-11-16)22(19,20)13-14-7-4-3-5-8-14/h3-5,7-8H,2,6,9-13H2,1H3. The van der Waals surface area contributed by atoms with Crippen LogP contribution in [-0.2, 0) is 20.5 Å². The maximum absolute atomic E-state index is 12.5. The lowest BCUT2D eigenvalue weighted by atomic mass is 10.2. The number of benzene rings is 1. The lowest BCUT2D eigenvalue weighted by molar-refractivity contribution is 0.109. The molecule has 0 bridgehead atoms. The van der Waals surface area contributed by atoms with E-state index < -0.39 is 10.0 Å². The third-order valence-corrected chi connectivity index (χ3v) is 5.42. The molecular weight excluding hydrogens is 304 g/mol. The van der Waals surface area contributed by atoms with Crippen LogP contribution in [-0.4, -0.2) is 56.5 Å². The quantitative estimate of drug-likeness (QED) is 0.844. The molecule has 22 heavy (non-hydrogen) atoms. The highest BCUT2D eigenvalue weighted by Crippen LogP contribution is 2.14. The first-order chi connectivity index (χ1) is 10.5. The Hall–Kier alpha value is -1.60. The van der Waals surface area contributed by atoms with Crippen LogP contribution < -0.4 is 0 Å². The maximum atomic E-state index is 12.5. The second-order valence-corrected chi connectivity index (χ2v) is 7.15. The molecular formula is C15H22N2O4S. The zero-order valence-electron chi connectivity index (χ0n) is 12.8. The van der Waals surface area contributed by atoms with Gasteiger partial charge in [-0.05, 0) is 18.9 Å². The molecule has 1 heterocycles. The number of ether oxygens (including phenoxy) is 1. The van der Waals surface area contributed by atoms with Crippen LogP contribution >= 0.6 is 0 Å². The number of rotatable bonds is 4. The highest BCUT2D eigenvalue weighted by molar-refractivity contribution is 7.88. The summed E-state index contributed by atoms with van der Waals surface area (Å²) in [7, 11) is -3.37. The van der Waals surface area contributed by atoms with Gasteiger partial charge in [0.25, 0.3) is 0 Å². The molecule has 1 aromatic carbocycles. The van der Waals surface area contributed by atoms with E-state index in [0.29, 0.717) is 39.2 Å². The van der Waals surface area contributed by atoms with Gasteiger partial charge in [0.15, 0.2) is 0 Å². The predicted octanol–water partition coefficient (Wildman–Crippen LogP) is 1.68. The third-order valence-electron chi connectivity index (χ3n) is 3.57. The summed E-state index contributed by atoms with van der Waals surface area (Å²) in [6, 6.07) is 9.13. The van der Waals surface area contributed by atoms with Crippen molar-refractivity contribution in [3.63, 3.8) is 0 Å². The number of carbonyl (C=O) groups is 1. The Balaban J connectivity index is 1.99. The first-order valence-corrected chi connectivity index (χ1v) is 9.07. The molecule has 1 aliphatic rings. The van der Waals surface area contributed by atoms with E-state index in [1.54, 1.807) is 24.0 Å². The molecule has 1 saturated heterocycles. The Morgan fingerprint density at radius 2 is 1.86 bits per heavy atom. The molecule has 0 aromatic heterocycles. The molecule has 1 fully saturated rings. The van der Waals surface area contributed by atoms with Crippen molar-refractivity contribution in [1.82, 2.24) is 9.21 Å². The molecule has 7 heteroatoms. The van der Waals surface area contributed by atoms with Crippen molar-refractivity contribution >= 4 is 16.1 Å². The van der Waals surface area contributed by atoms with Crippen LogP contribution in [0.5, 0.6) is 0 Å². The van der Waals surface area contributed by atoms with Gasteiger partial charge >= 0.3 is 6.09 Å². The molecule has 0 radical (unpaired) electrons. The van der Waals surface area contributed by atoms with Crippen LogP contribution in [0.25, 0.3) is 0 Å². The minimum atomic E-state index is -3.37. The average molecular weight is 326 g/mol. The van der Waals surface area contributed by atoms with Crippen molar-refractivity contribution in [2.45, 2.75) is 19.1 Å². The lowest BCUT2D eigenvalue weighted by Crippen LogP contribution is -2.38. The van der Waals surface area contributed by atoms with Crippen molar-refractivity contribution in [3.05, 3.63) is 35.9 Å². The Morgan fingerprint density at radius 1 is 1.14 bits per heavy atom. The minimum Gasteiger partial charge on any atom is -0.450 e. The van der Waals surface area contributed by atoms with Crippen LogP contribution in [0.2, 0.25) is 0 Å². The number of nitrogens with zero attached hydrogens (tertiary/aromatic N) is 2. The van der Waals surface area contributed by atoms with E-state index in [-0.39, 0.29) is 11.8 Å². The van der Waals surface area contributed by atoms with Crippen LogP contribution in [0, 0.1) is 0 Å². The largest absolute Gasteiger partial charge is 0.450 e. The van der Waals surface area contributed by atoms with E-state index in [0.717, 1.165) is 5.56 Å². The molecule has 0 atom stereocenters. The van der Waals surface area contributed by atoms with Gasteiger partial charge in [0.05, 0.1) is 12.4 Å². The number of carbonyl (C=O) groups excluding carboxylic acids is 1. The molecule has 1 amide bonds. The summed E-state index contributed by atoms with van der Waals surface area (Å²) in [6.45, 7) is 3.72. The van der Waals surface area contributed by atoms with Gasteiger partial charge in [0.2, 0.25) is 10.0 Å². The number of hydrogen-bond acceptors (Lipinski definition) is 4. The smallest absolute Gasteiger partial charge is 0.409 e. The molecule has 0 unspecified atom stereocenters. The number of sulfonamides is 1. The van der Waals surface area contributed by atoms with Crippen molar-refractivity contribution in [2.75, 3.05) is 32.8 Å². The second kappa shape index (κ2) is 7.60. The fourth-order valence-corrected chi connectivity index (χ4v) is 4.01. The van der Waals surface area contributed by atoms with Crippen LogP contribution in [0.4, 0.5) is 4.79 Å². The van der Waals surface area contributed by atoms with Crippen molar-refractivity contribution in [1.29, 1.82) is 0 Å². The van der Waals surface area contributed by atoms with Crippen molar-refractivity contribution < 1.29 is 17.9 Å². The van der Waals surface area contributed by atoms with Crippen molar-refractivity contribution in [3.8, 4) is 0 Å². The van der Waals surface area contributed by atoms with E-state index in [1.807, 2.05) is 18.2 Å².